The van der Waals surface area contributed by atoms with Gasteiger partial charge in [-0.2, -0.15) is 5.10 Å². The van der Waals surface area contributed by atoms with Gasteiger partial charge in [0.15, 0.2) is 0 Å². The van der Waals surface area contributed by atoms with Gasteiger partial charge in [-0.25, -0.2) is 9.97 Å². The second-order valence-electron chi connectivity index (χ2n) is 6.12. The van der Waals surface area contributed by atoms with Gasteiger partial charge in [0.2, 0.25) is 5.95 Å². The van der Waals surface area contributed by atoms with E-state index in [1.165, 1.54) is 0 Å². The van der Waals surface area contributed by atoms with Crippen LogP contribution in [0.4, 0.5) is 11.6 Å². The fourth-order valence-electron chi connectivity index (χ4n) is 2.48. The number of hydrogen-bond acceptors (Lipinski definition) is 5. The van der Waals surface area contributed by atoms with E-state index < -0.39 is 0 Å². The number of amides is 1. The average Bonchev–Trinajstić information content (AvgIpc) is 3.35. The van der Waals surface area contributed by atoms with E-state index in [1.807, 2.05) is 43.6 Å². The number of nitrogens with one attached hydrogen (secondary N) is 2. The highest BCUT2D eigenvalue weighted by Gasteiger charge is 2.23. The van der Waals surface area contributed by atoms with Crippen LogP contribution in [0.3, 0.4) is 0 Å². The van der Waals surface area contributed by atoms with Crippen molar-refractivity contribution in [2.24, 2.45) is 7.05 Å². The number of anilines is 2. The number of aromatic nitrogens is 4. The summed E-state index contributed by atoms with van der Waals surface area (Å²) in [4.78, 5) is 20.8. The third-order valence-electron chi connectivity index (χ3n) is 3.97. The highest BCUT2D eigenvalue weighted by molar-refractivity contribution is 5.95. The number of aryl methyl sites for hydroxylation is 1. The van der Waals surface area contributed by atoms with Crippen LogP contribution in [0.1, 0.15) is 23.2 Å². The number of carbonyl (C=O) groups excluding carboxylic acids is 1. The predicted octanol–water partition coefficient (Wildman–Crippen LogP) is 2.51. The topological polar surface area (TPSA) is 84.7 Å². The molecule has 3 aromatic rings. The van der Waals surface area contributed by atoms with Crippen molar-refractivity contribution in [3.05, 3.63) is 54.5 Å². The lowest BCUT2D eigenvalue weighted by molar-refractivity contribution is 0.0951. The molecule has 1 saturated carbocycles. The molecular formula is C18H18N6O. The minimum absolute atomic E-state index is 0.0179. The van der Waals surface area contributed by atoms with Gasteiger partial charge in [-0.3, -0.25) is 9.48 Å². The van der Waals surface area contributed by atoms with E-state index >= 15 is 0 Å². The Morgan fingerprint density at radius 3 is 2.68 bits per heavy atom. The van der Waals surface area contributed by atoms with E-state index in [9.17, 15) is 4.79 Å². The van der Waals surface area contributed by atoms with Crippen molar-refractivity contribution in [3.63, 3.8) is 0 Å². The van der Waals surface area contributed by atoms with Gasteiger partial charge in [-0.05, 0) is 31.0 Å². The molecule has 1 fully saturated rings. The molecule has 2 aromatic heterocycles. The van der Waals surface area contributed by atoms with Crippen LogP contribution in [-0.2, 0) is 7.05 Å². The molecule has 1 aliphatic rings. The van der Waals surface area contributed by atoms with Gasteiger partial charge in [-0.15, -0.1) is 0 Å². The number of benzene rings is 1. The Labute approximate surface area is 145 Å². The van der Waals surface area contributed by atoms with Gasteiger partial charge >= 0.3 is 0 Å². The Morgan fingerprint density at radius 1 is 1.20 bits per heavy atom. The van der Waals surface area contributed by atoms with E-state index in [-0.39, 0.29) is 5.91 Å². The maximum atomic E-state index is 12.0. The normalized spacial score (nSPS) is 13.5. The van der Waals surface area contributed by atoms with Gasteiger partial charge in [0.25, 0.3) is 5.91 Å². The van der Waals surface area contributed by atoms with E-state index in [2.05, 4.69) is 25.7 Å². The average molecular weight is 334 g/mol. The minimum Gasteiger partial charge on any atom is -0.349 e. The zero-order valence-corrected chi connectivity index (χ0v) is 13.8. The summed E-state index contributed by atoms with van der Waals surface area (Å²) >= 11 is 0. The first kappa shape index (κ1) is 15.3. The van der Waals surface area contributed by atoms with Crippen molar-refractivity contribution in [1.29, 1.82) is 0 Å². The fourth-order valence-corrected chi connectivity index (χ4v) is 2.48. The molecule has 1 amide bonds. The number of hydrogen-bond donors (Lipinski definition) is 2. The van der Waals surface area contributed by atoms with Gasteiger partial charge in [0.1, 0.15) is 0 Å². The van der Waals surface area contributed by atoms with Crippen LogP contribution in [0.25, 0.3) is 11.3 Å². The van der Waals surface area contributed by atoms with E-state index in [0.717, 1.165) is 29.8 Å². The van der Waals surface area contributed by atoms with Crippen molar-refractivity contribution >= 4 is 17.5 Å². The van der Waals surface area contributed by atoms with Crippen LogP contribution >= 0.6 is 0 Å². The van der Waals surface area contributed by atoms with Crippen LogP contribution in [0.15, 0.2) is 48.9 Å². The molecule has 0 unspecified atom stereocenters. The lowest BCUT2D eigenvalue weighted by Crippen LogP contribution is -2.25. The lowest BCUT2D eigenvalue weighted by Gasteiger charge is -2.06. The summed E-state index contributed by atoms with van der Waals surface area (Å²) in [7, 11) is 1.85. The highest BCUT2D eigenvalue weighted by atomic mass is 16.1. The quantitative estimate of drug-likeness (QED) is 0.749. The number of nitrogens with zero attached hydrogens (tertiary/aromatic N) is 4. The van der Waals surface area contributed by atoms with Crippen molar-refractivity contribution in [2.75, 3.05) is 5.32 Å². The first-order valence-electron chi connectivity index (χ1n) is 8.17. The third kappa shape index (κ3) is 3.65. The lowest BCUT2D eigenvalue weighted by atomic mass is 10.1. The molecule has 0 bridgehead atoms. The van der Waals surface area contributed by atoms with Crippen molar-refractivity contribution in [3.8, 4) is 11.3 Å². The number of carbonyl (C=O) groups is 1. The highest BCUT2D eigenvalue weighted by Crippen LogP contribution is 2.22. The molecule has 0 saturated heterocycles. The summed E-state index contributed by atoms with van der Waals surface area (Å²) in [5.41, 5.74) is 3.21. The molecule has 7 nitrogen and oxygen atoms in total. The van der Waals surface area contributed by atoms with Crippen LogP contribution < -0.4 is 10.6 Å². The molecule has 1 aliphatic carbocycles. The summed E-state index contributed by atoms with van der Waals surface area (Å²) in [5.74, 6) is 0.483. The Morgan fingerprint density at radius 2 is 2.00 bits per heavy atom. The molecule has 4 rings (SSSR count). The maximum absolute atomic E-state index is 12.0. The Balaban J connectivity index is 1.50. The van der Waals surface area contributed by atoms with E-state index in [4.69, 9.17) is 0 Å². The molecule has 25 heavy (non-hydrogen) atoms. The largest absolute Gasteiger partial charge is 0.349 e. The van der Waals surface area contributed by atoms with Crippen LogP contribution in [0, 0.1) is 0 Å². The Hall–Kier alpha value is -3.22. The zero-order chi connectivity index (χ0) is 17.2. The Bertz CT molecular complexity index is 898. The number of rotatable bonds is 5. The van der Waals surface area contributed by atoms with Crippen LogP contribution in [0.2, 0.25) is 0 Å². The minimum atomic E-state index is -0.0179. The first-order valence-corrected chi connectivity index (χ1v) is 8.17. The maximum Gasteiger partial charge on any atom is 0.251 e. The van der Waals surface area contributed by atoms with E-state index in [0.29, 0.717) is 17.6 Å². The molecule has 0 radical (unpaired) electrons. The van der Waals surface area contributed by atoms with Gasteiger partial charge in [0.05, 0.1) is 17.6 Å². The molecular weight excluding hydrogens is 316 g/mol. The summed E-state index contributed by atoms with van der Waals surface area (Å²) in [6, 6.07) is 9.64. The second kappa shape index (κ2) is 6.35. The van der Waals surface area contributed by atoms with Gasteiger partial charge in [-0.1, -0.05) is 12.1 Å². The van der Waals surface area contributed by atoms with Crippen LogP contribution in [0.5, 0.6) is 0 Å². The molecule has 1 aromatic carbocycles. The van der Waals surface area contributed by atoms with Crippen molar-refractivity contribution in [2.45, 2.75) is 18.9 Å². The molecule has 126 valence electrons. The Kier molecular flexibility index (Phi) is 3.89. The molecule has 0 aliphatic heterocycles. The van der Waals surface area contributed by atoms with Crippen molar-refractivity contribution < 1.29 is 4.79 Å². The first-order chi connectivity index (χ1) is 12.2. The second-order valence-corrected chi connectivity index (χ2v) is 6.12. The predicted molar refractivity (Wildman–Crippen MR) is 94.4 cm³/mol. The van der Waals surface area contributed by atoms with Gasteiger partial charge < -0.3 is 10.6 Å². The van der Waals surface area contributed by atoms with Gasteiger partial charge in [0, 0.05) is 36.6 Å². The summed E-state index contributed by atoms with van der Waals surface area (Å²) < 4.78 is 1.71. The molecule has 0 atom stereocenters. The standard InChI is InChI=1S/C18H18N6O/c1-24-11-15(10-20-24)22-18-19-9-8-16(23-18)12-2-4-13(5-3-12)17(25)21-14-6-7-14/h2-5,8-11,14H,6-7H2,1H3,(H,21,25)(H,19,22,23). The summed E-state index contributed by atoms with van der Waals surface area (Å²) in [6.07, 6.45) is 7.43. The molecule has 7 heteroatoms. The monoisotopic (exact) mass is 334 g/mol. The van der Waals surface area contributed by atoms with Crippen LogP contribution in [-0.4, -0.2) is 31.7 Å². The SMILES string of the molecule is Cn1cc(Nc2nccc(-c3ccc(C(=O)NC4CC4)cc3)n2)cn1. The summed E-state index contributed by atoms with van der Waals surface area (Å²) in [6.45, 7) is 0. The van der Waals surface area contributed by atoms with E-state index in [1.54, 1.807) is 17.1 Å². The zero-order valence-electron chi connectivity index (χ0n) is 13.8. The van der Waals surface area contributed by atoms with Crippen molar-refractivity contribution in [1.82, 2.24) is 25.1 Å². The fraction of sp³-hybridized carbons (Fsp3) is 0.222. The molecule has 2 N–H and O–H groups in total. The smallest absolute Gasteiger partial charge is 0.251 e. The summed E-state index contributed by atoms with van der Waals surface area (Å²) in [5, 5.41) is 10.2. The molecule has 0 spiro atoms. The molecule has 2 heterocycles. The third-order valence-corrected chi connectivity index (χ3v) is 3.97.